The van der Waals surface area contributed by atoms with E-state index in [1.54, 1.807) is 4.90 Å². The molecule has 1 amide bonds. The van der Waals surface area contributed by atoms with Crippen LogP contribution in [-0.4, -0.2) is 18.5 Å². The van der Waals surface area contributed by atoms with Gasteiger partial charge in [-0.25, -0.2) is 0 Å². The maximum absolute atomic E-state index is 11.8. The molecule has 1 saturated heterocycles. The highest BCUT2D eigenvalue weighted by molar-refractivity contribution is 9.10. The summed E-state index contributed by atoms with van der Waals surface area (Å²) in [5.41, 5.74) is 6.66. The minimum Gasteiger partial charge on any atom is -0.320 e. The number of rotatable bonds is 1. The quantitative estimate of drug-likeness (QED) is 0.865. The number of amides is 1. The van der Waals surface area contributed by atoms with Gasteiger partial charge in [-0.05, 0) is 37.1 Å². The van der Waals surface area contributed by atoms with Crippen molar-refractivity contribution in [1.29, 1.82) is 0 Å². The maximum atomic E-state index is 11.8. The van der Waals surface area contributed by atoms with E-state index in [0.717, 1.165) is 29.5 Å². The van der Waals surface area contributed by atoms with Crippen LogP contribution in [0.15, 0.2) is 28.7 Å². The third-order valence-corrected chi connectivity index (χ3v) is 3.15. The Morgan fingerprint density at radius 1 is 1.31 bits per heavy atom. The minimum absolute atomic E-state index is 0. The largest absolute Gasteiger partial charge is 0.320 e. The molecule has 1 aliphatic heterocycles. The minimum atomic E-state index is -0.331. The van der Waals surface area contributed by atoms with Gasteiger partial charge in [0.05, 0.1) is 6.04 Å². The van der Waals surface area contributed by atoms with Crippen molar-refractivity contribution in [3.05, 3.63) is 28.7 Å². The maximum Gasteiger partial charge on any atom is 0.243 e. The summed E-state index contributed by atoms with van der Waals surface area (Å²) in [4.78, 5) is 13.6. The van der Waals surface area contributed by atoms with Crippen LogP contribution < -0.4 is 10.6 Å². The number of hydrogen-bond acceptors (Lipinski definition) is 2. The molecule has 2 N–H and O–H groups in total. The number of halogens is 2. The second-order valence-electron chi connectivity index (χ2n) is 3.72. The lowest BCUT2D eigenvalue weighted by molar-refractivity contribution is -0.120. The van der Waals surface area contributed by atoms with E-state index in [1.807, 2.05) is 24.3 Å². The average Bonchev–Trinajstić information content (AvgIpc) is 2.24. The monoisotopic (exact) mass is 304 g/mol. The predicted molar refractivity (Wildman–Crippen MR) is 71.0 cm³/mol. The number of nitrogens with zero attached hydrogens (tertiary/aromatic N) is 1. The Hall–Kier alpha value is -0.580. The number of nitrogens with two attached hydrogens (primary N) is 1. The molecule has 0 radical (unpaired) electrons. The fraction of sp³-hybridized carbons (Fsp3) is 0.364. The van der Waals surface area contributed by atoms with Crippen molar-refractivity contribution in [2.45, 2.75) is 18.9 Å². The van der Waals surface area contributed by atoms with Crippen LogP contribution in [0.1, 0.15) is 12.8 Å². The fourth-order valence-electron chi connectivity index (χ4n) is 1.78. The van der Waals surface area contributed by atoms with Crippen LogP contribution in [0.25, 0.3) is 0 Å². The van der Waals surface area contributed by atoms with Crippen LogP contribution in [0.2, 0.25) is 0 Å². The van der Waals surface area contributed by atoms with Gasteiger partial charge in [-0.15, -0.1) is 12.4 Å². The lowest BCUT2D eigenvalue weighted by Gasteiger charge is -2.30. The highest BCUT2D eigenvalue weighted by atomic mass is 79.9. The van der Waals surface area contributed by atoms with E-state index in [-0.39, 0.29) is 24.4 Å². The van der Waals surface area contributed by atoms with Crippen molar-refractivity contribution in [3.63, 3.8) is 0 Å². The molecular formula is C11H14BrClN2O. The molecule has 0 saturated carbocycles. The van der Waals surface area contributed by atoms with Crippen molar-refractivity contribution in [2.24, 2.45) is 5.73 Å². The van der Waals surface area contributed by atoms with Crippen molar-refractivity contribution in [2.75, 3.05) is 11.4 Å². The second-order valence-corrected chi connectivity index (χ2v) is 4.63. The van der Waals surface area contributed by atoms with E-state index >= 15 is 0 Å². The third-order valence-electron chi connectivity index (χ3n) is 2.62. The molecule has 0 bridgehead atoms. The Kier molecular flexibility index (Phi) is 4.77. The smallest absolute Gasteiger partial charge is 0.243 e. The molecule has 0 unspecified atom stereocenters. The van der Waals surface area contributed by atoms with Crippen molar-refractivity contribution < 1.29 is 4.79 Å². The van der Waals surface area contributed by atoms with Gasteiger partial charge in [-0.3, -0.25) is 4.79 Å². The fourth-order valence-corrected chi connectivity index (χ4v) is 2.04. The molecule has 1 atom stereocenters. The van der Waals surface area contributed by atoms with Gasteiger partial charge < -0.3 is 10.6 Å². The molecule has 0 spiro atoms. The first-order valence-corrected chi connectivity index (χ1v) is 5.80. The number of carbonyl (C=O) groups excluding carboxylic acids is 1. The number of hydrogen-bond donors (Lipinski definition) is 1. The van der Waals surface area contributed by atoms with Gasteiger partial charge in [0.1, 0.15) is 0 Å². The molecule has 3 nitrogen and oxygen atoms in total. The first-order chi connectivity index (χ1) is 7.18. The molecule has 1 fully saturated rings. The molecule has 1 aromatic carbocycles. The predicted octanol–water partition coefficient (Wildman–Crippen LogP) is 2.33. The Balaban J connectivity index is 0.00000128. The molecule has 0 aliphatic carbocycles. The molecule has 88 valence electrons. The summed E-state index contributed by atoms with van der Waals surface area (Å²) in [5, 5.41) is 0. The van der Waals surface area contributed by atoms with E-state index in [9.17, 15) is 4.79 Å². The summed E-state index contributed by atoms with van der Waals surface area (Å²) < 4.78 is 1.01. The Bertz CT molecular complexity index is 369. The Labute approximate surface area is 110 Å². The van der Waals surface area contributed by atoms with Crippen LogP contribution in [0.4, 0.5) is 5.69 Å². The SMILES string of the molecule is Cl.N[C@@H]1CCCN(c2ccc(Br)cc2)C1=O. The van der Waals surface area contributed by atoms with Crippen LogP contribution in [-0.2, 0) is 4.79 Å². The molecule has 5 heteroatoms. The lowest BCUT2D eigenvalue weighted by Crippen LogP contribution is -2.48. The molecule has 1 heterocycles. The molecule has 0 aromatic heterocycles. The Morgan fingerprint density at radius 3 is 2.56 bits per heavy atom. The molecule has 1 aromatic rings. The van der Waals surface area contributed by atoms with Crippen LogP contribution in [0.3, 0.4) is 0 Å². The van der Waals surface area contributed by atoms with Gasteiger partial charge in [0.2, 0.25) is 5.91 Å². The summed E-state index contributed by atoms with van der Waals surface area (Å²) in [7, 11) is 0. The van der Waals surface area contributed by atoms with E-state index in [1.165, 1.54) is 0 Å². The molecule has 1 aliphatic rings. The van der Waals surface area contributed by atoms with E-state index in [2.05, 4.69) is 15.9 Å². The van der Waals surface area contributed by atoms with E-state index < -0.39 is 0 Å². The molecule has 2 rings (SSSR count). The second kappa shape index (κ2) is 5.66. The standard InChI is InChI=1S/C11H13BrN2O.ClH/c12-8-3-5-9(6-4-8)14-7-1-2-10(13)11(14)15;/h3-6,10H,1-2,7,13H2;1H/t10-;/m1./s1. The summed E-state index contributed by atoms with van der Waals surface area (Å²) in [6.45, 7) is 0.772. The number of carbonyl (C=O) groups is 1. The zero-order valence-electron chi connectivity index (χ0n) is 8.73. The first-order valence-electron chi connectivity index (χ1n) is 5.01. The molecular weight excluding hydrogens is 291 g/mol. The first kappa shape index (κ1) is 13.5. The highest BCUT2D eigenvalue weighted by Crippen LogP contribution is 2.22. The van der Waals surface area contributed by atoms with Crippen molar-refractivity contribution in [3.8, 4) is 0 Å². The lowest BCUT2D eigenvalue weighted by atomic mass is 10.1. The summed E-state index contributed by atoms with van der Waals surface area (Å²) in [6, 6.07) is 7.40. The van der Waals surface area contributed by atoms with Gasteiger partial charge in [-0.2, -0.15) is 0 Å². The molecule has 16 heavy (non-hydrogen) atoms. The highest BCUT2D eigenvalue weighted by Gasteiger charge is 2.26. The van der Waals surface area contributed by atoms with Gasteiger partial charge in [0.25, 0.3) is 0 Å². The van der Waals surface area contributed by atoms with Gasteiger partial charge >= 0.3 is 0 Å². The zero-order chi connectivity index (χ0) is 10.8. The summed E-state index contributed by atoms with van der Waals surface area (Å²) in [5.74, 6) is 0.0311. The van der Waals surface area contributed by atoms with E-state index in [0.29, 0.717) is 0 Å². The van der Waals surface area contributed by atoms with Gasteiger partial charge in [0.15, 0.2) is 0 Å². The topological polar surface area (TPSA) is 46.3 Å². The zero-order valence-corrected chi connectivity index (χ0v) is 11.1. The number of piperidine rings is 1. The Morgan fingerprint density at radius 2 is 1.94 bits per heavy atom. The van der Waals surface area contributed by atoms with Gasteiger partial charge in [-0.1, -0.05) is 15.9 Å². The van der Waals surface area contributed by atoms with Crippen LogP contribution in [0.5, 0.6) is 0 Å². The number of anilines is 1. The van der Waals surface area contributed by atoms with Crippen LogP contribution >= 0.6 is 28.3 Å². The number of benzene rings is 1. The summed E-state index contributed by atoms with van der Waals surface area (Å²) in [6.07, 6.45) is 1.77. The van der Waals surface area contributed by atoms with Crippen LogP contribution in [0, 0.1) is 0 Å². The van der Waals surface area contributed by atoms with Crippen molar-refractivity contribution in [1.82, 2.24) is 0 Å². The average molecular weight is 306 g/mol. The third kappa shape index (κ3) is 2.75. The van der Waals surface area contributed by atoms with E-state index in [4.69, 9.17) is 5.73 Å². The normalized spacial score (nSPS) is 20.5. The van der Waals surface area contributed by atoms with Crippen molar-refractivity contribution >= 4 is 39.9 Å². The van der Waals surface area contributed by atoms with Gasteiger partial charge in [0, 0.05) is 16.7 Å². The summed E-state index contributed by atoms with van der Waals surface area (Å²) >= 11 is 3.37.